The quantitative estimate of drug-likeness (QED) is 0.375. The second-order valence-electron chi connectivity index (χ2n) is 5.30. The van der Waals surface area contributed by atoms with Crippen LogP contribution in [0.5, 0.6) is 0 Å². The zero-order chi connectivity index (χ0) is 17.9. The summed E-state index contributed by atoms with van der Waals surface area (Å²) in [7, 11) is 0. The molecule has 0 unspecified atom stereocenters. The summed E-state index contributed by atoms with van der Waals surface area (Å²) in [6.07, 6.45) is 1.23. The first-order valence-electron chi connectivity index (χ1n) is 6.90. The van der Waals surface area contributed by atoms with E-state index in [9.17, 15) is 29.7 Å². The standard InChI is InChI=1S/C15H8N4O6/c20-13(21)4-1-6(14(22)23)19-11-8(4)9-5(2-7(18-9)15(24)25)10-12(11)17-3-16-10/h1-3,18-19H,(H,20,21)(H,22,23)(H,24,25). The minimum absolute atomic E-state index is 0.132. The highest BCUT2D eigenvalue weighted by Gasteiger charge is 2.23. The van der Waals surface area contributed by atoms with Crippen LogP contribution in [0, 0.1) is 0 Å². The van der Waals surface area contributed by atoms with Crippen molar-refractivity contribution in [3.63, 3.8) is 0 Å². The number of nitrogens with one attached hydrogen (secondary N) is 2. The normalized spacial score (nSPS) is 11.4. The van der Waals surface area contributed by atoms with Crippen molar-refractivity contribution in [2.24, 2.45) is 0 Å². The summed E-state index contributed by atoms with van der Waals surface area (Å²) in [5.74, 6) is -3.91. The SMILES string of the molecule is O=C(O)c1cc2c3ncnc3c3[nH]c(C(=O)O)cc(C(=O)O)c3c2[nH]1. The maximum atomic E-state index is 11.7. The van der Waals surface area contributed by atoms with Crippen molar-refractivity contribution in [1.82, 2.24) is 19.9 Å². The van der Waals surface area contributed by atoms with Crippen molar-refractivity contribution in [2.75, 3.05) is 0 Å². The van der Waals surface area contributed by atoms with Gasteiger partial charge in [-0.2, -0.15) is 0 Å². The maximum Gasteiger partial charge on any atom is 0.352 e. The number of imidazole rings is 1. The number of H-pyrrole nitrogens is 2. The van der Waals surface area contributed by atoms with Gasteiger partial charge in [0.2, 0.25) is 0 Å². The molecule has 1 aromatic carbocycles. The van der Waals surface area contributed by atoms with Crippen LogP contribution in [0.1, 0.15) is 31.3 Å². The number of carboxylic acids is 3. The van der Waals surface area contributed by atoms with Crippen molar-refractivity contribution >= 4 is 50.7 Å². The first kappa shape index (κ1) is 14.6. The lowest BCUT2D eigenvalue weighted by atomic mass is 10.0. The van der Waals surface area contributed by atoms with E-state index in [4.69, 9.17) is 0 Å². The van der Waals surface area contributed by atoms with Gasteiger partial charge in [-0.25, -0.2) is 24.4 Å². The van der Waals surface area contributed by atoms with Crippen LogP contribution in [0.4, 0.5) is 0 Å². The Kier molecular flexibility index (Phi) is 2.79. The number of nitrogens with zero attached hydrogens (tertiary/aromatic N) is 2. The average Bonchev–Trinajstić information content (AvgIpc) is 3.20. The van der Waals surface area contributed by atoms with Gasteiger partial charge in [-0.3, -0.25) is 0 Å². The molecule has 25 heavy (non-hydrogen) atoms. The molecule has 4 rings (SSSR count). The number of aromatic amines is 2. The van der Waals surface area contributed by atoms with Crippen LogP contribution < -0.4 is 0 Å². The molecule has 4 aromatic rings. The Bertz CT molecular complexity index is 1240. The highest BCUT2D eigenvalue weighted by molar-refractivity contribution is 6.26. The summed E-state index contributed by atoms with van der Waals surface area (Å²) in [6.45, 7) is 0. The van der Waals surface area contributed by atoms with Gasteiger partial charge in [0.25, 0.3) is 0 Å². The summed E-state index contributed by atoms with van der Waals surface area (Å²) in [4.78, 5) is 47.7. The third kappa shape index (κ3) is 1.94. The van der Waals surface area contributed by atoms with Crippen molar-refractivity contribution in [1.29, 1.82) is 0 Å². The van der Waals surface area contributed by atoms with E-state index in [2.05, 4.69) is 19.9 Å². The summed E-state index contributed by atoms with van der Waals surface area (Å²) in [6, 6.07) is 2.32. The van der Waals surface area contributed by atoms with Crippen LogP contribution in [0.15, 0.2) is 18.5 Å². The Morgan fingerprint density at radius 1 is 0.800 bits per heavy atom. The van der Waals surface area contributed by atoms with E-state index in [0.717, 1.165) is 6.07 Å². The number of fused-ring (bicyclic) bond motifs is 6. The molecule has 0 spiro atoms. The molecule has 0 saturated carbocycles. The van der Waals surface area contributed by atoms with E-state index < -0.39 is 17.9 Å². The van der Waals surface area contributed by atoms with Gasteiger partial charge < -0.3 is 25.3 Å². The molecular weight excluding hydrogens is 332 g/mol. The second kappa shape index (κ2) is 4.77. The summed E-state index contributed by atoms with van der Waals surface area (Å²) >= 11 is 0. The van der Waals surface area contributed by atoms with Crippen molar-refractivity contribution < 1.29 is 29.7 Å². The molecule has 3 heterocycles. The van der Waals surface area contributed by atoms with E-state index >= 15 is 0 Å². The smallest absolute Gasteiger partial charge is 0.352 e. The van der Waals surface area contributed by atoms with Gasteiger partial charge in [0, 0.05) is 10.8 Å². The van der Waals surface area contributed by atoms with Gasteiger partial charge in [0.15, 0.2) is 0 Å². The molecule has 10 heteroatoms. The number of hydrogen-bond donors (Lipinski definition) is 5. The van der Waals surface area contributed by atoms with E-state index in [1.807, 2.05) is 0 Å². The largest absolute Gasteiger partial charge is 0.478 e. The molecule has 5 N–H and O–H groups in total. The van der Waals surface area contributed by atoms with Gasteiger partial charge in [-0.1, -0.05) is 0 Å². The van der Waals surface area contributed by atoms with E-state index in [-0.39, 0.29) is 38.9 Å². The zero-order valence-electron chi connectivity index (χ0n) is 12.2. The lowest BCUT2D eigenvalue weighted by Crippen LogP contribution is -2.07. The molecule has 0 aliphatic heterocycles. The van der Waals surface area contributed by atoms with Gasteiger partial charge in [0.05, 0.1) is 16.6 Å². The van der Waals surface area contributed by atoms with Crippen molar-refractivity contribution in [2.45, 2.75) is 0 Å². The predicted octanol–water partition coefficient (Wildman–Crippen LogP) is 1.69. The zero-order valence-corrected chi connectivity index (χ0v) is 12.2. The third-order valence-electron chi connectivity index (χ3n) is 3.92. The van der Waals surface area contributed by atoms with Crippen LogP contribution in [-0.2, 0) is 0 Å². The van der Waals surface area contributed by atoms with E-state index in [1.165, 1.54) is 12.4 Å². The number of carboxylic acid groups (broad SMARTS) is 3. The minimum atomic E-state index is -1.35. The van der Waals surface area contributed by atoms with Crippen LogP contribution >= 0.6 is 0 Å². The number of aromatic carboxylic acids is 3. The molecule has 3 aromatic heterocycles. The highest BCUT2D eigenvalue weighted by atomic mass is 16.4. The van der Waals surface area contributed by atoms with Crippen LogP contribution in [0.2, 0.25) is 0 Å². The van der Waals surface area contributed by atoms with Crippen molar-refractivity contribution in [3.05, 3.63) is 35.4 Å². The molecule has 0 radical (unpaired) electrons. The second-order valence-corrected chi connectivity index (χ2v) is 5.30. The van der Waals surface area contributed by atoms with Crippen molar-refractivity contribution in [3.8, 4) is 0 Å². The number of carbonyl (C=O) groups is 3. The Balaban J connectivity index is 2.33. The number of rotatable bonds is 3. The minimum Gasteiger partial charge on any atom is -0.478 e. The fourth-order valence-electron chi connectivity index (χ4n) is 2.91. The highest BCUT2D eigenvalue weighted by Crippen LogP contribution is 2.34. The molecular formula is C15H8N4O6. The summed E-state index contributed by atoms with van der Waals surface area (Å²) in [5, 5.41) is 28.5. The fraction of sp³-hybridized carbons (Fsp3) is 0. The maximum absolute atomic E-state index is 11.7. The van der Waals surface area contributed by atoms with Gasteiger partial charge in [0.1, 0.15) is 28.7 Å². The number of pyridine rings is 1. The lowest BCUT2D eigenvalue weighted by Gasteiger charge is -2.08. The van der Waals surface area contributed by atoms with Gasteiger partial charge in [-0.15, -0.1) is 0 Å². The first-order valence-corrected chi connectivity index (χ1v) is 6.90. The summed E-state index contributed by atoms with van der Waals surface area (Å²) < 4.78 is 0. The number of benzene rings is 1. The topological polar surface area (TPSA) is 169 Å². The molecule has 10 nitrogen and oxygen atoms in total. The van der Waals surface area contributed by atoms with E-state index in [1.54, 1.807) is 0 Å². The fourth-order valence-corrected chi connectivity index (χ4v) is 2.91. The van der Waals surface area contributed by atoms with E-state index in [0.29, 0.717) is 10.9 Å². The lowest BCUT2D eigenvalue weighted by molar-refractivity contribution is 0.0678. The third-order valence-corrected chi connectivity index (χ3v) is 3.92. The average molecular weight is 340 g/mol. The molecule has 0 bridgehead atoms. The molecule has 0 saturated heterocycles. The Morgan fingerprint density at radius 2 is 1.40 bits per heavy atom. The van der Waals surface area contributed by atoms with Crippen LogP contribution in [0.3, 0.4) is 0 Å². The van der Waals surface area contributed by atoms with Crippen LogP contribution in [0.25, 0.3) is 32.8 Å². The number of hydrogen-bond acceptors (Lipinski definition) is 5. The molecule has 0 fully saturated rings. The molecule has 0 aliphatic rings. The molecule has 124 valence electrons. The molecule has 0 amide bonds. The number of aromatic nitrogens is 4. The predicted molar refractivity (Wildman–Crippen MR) is 84.1 cm³/mol. The van der Waals surface area contributed by atoms with Gasteiger partial charge in [-0.05, 0) is 12.1 Å². The Hall–Kier alpha value is -3.95. The Morgan fingerprint density at radius 3 is 2.04 bits per heavy atom. The molecule has 0 atom stereocenters. The molecule has 0 aliphatic carbocycles. The monoisotopic (exact) mass is 340 g/mol. The first-order chi connectivity index (χ1) is 11.9. The van der Waals surface area contributed by atoms with Crippen LogP contribution in [-0.4, -0.2) is 53.2 Å². The van der Waals surface area contributed by atoms with Gasteiger partial charge >= 0.3 is 17.9 Å². The Labute approximate surface area is 136 Å². The summed E-state index contributed by atoms with van der Waals surface area (Å²) in [5.41, 5.74) is 0.191.